The lowest BCUT2D eigenvalue weighted by molar-refractivity contribution is 0.0650. The molecule has 2 aliphatic rings. The maximum absolute atomic E-state index is 13.7. The molecule has 0 unspecified atom stereocenters. The first-order valence-electron chi connectivity index (χ1n) is 10.6. The highest BCUT2D eigenvalue weighted by Gasteiger charge is 2.36. The number of thiazole rings is 1. The Bertz CT molecular complexity index is 1080. The van der Waals surface area contributed by atoms with Crippen LogP contribution in [0.5, 0.6) is 0 Å². The molecule has 162 valence electrons. The smallest absolute Gasteiger partial charge is 0.255 e. The van der Waals surface area contributed by atoms with Crippen LogP contribution in [0.4, 0.5) is 5.13 Å². The lowest BCUT2D eigenvalue weighted by Gasteiger charge is -2.23. The lowest BCUT2D eigenvalue weighted by atomic mass is 10.1. The van der Waals surface area contributed by atoms with Crippen molar-refractivity contribution in [3.63, 3.8) is 0 Å². The van der Waals surface area contributed by atoms with Gasteiger partial charge in [0, 0.05) is 44.7 Å². The fraction of sp³-hybridized carbons (Fsp3) is 0.455. The van der Waals surface area contributed by atoms with Crippen LogP contribution in [0.25, 0.3) is 21.6 Å². The fourth-order valence-electron chi connectivity index (χ4n) is 4.39. The minimum Gasteiger partial charge on any atom is -0.394 e. The van der Waals surface area contributed by atoms with E-state index < -0.39 is 0 Å². The number of aliphatic hydroxyl groups excluding tert-OH is 1. The van der Waals surface area contributed by atoms with Gasteiger partial charge in [0.2, 0.25) is 0 Å². The quantitative estimate of drug-likeness (QED) is 0.653. The summed E-state index contributed by atoms with van der Waals surface area (Å²) >= 11 is 1.52. The molecule has 3 aromatic rings. The van der Waals surface area contributed by atoms with E-state index in [0.29, 0.717) is 29.9 Å². The molecule has 0 saturated carbocycles. The molecule has 1 N–H and O–H groups in total. The number of hydrogen-bond acceptors (Lipinski definition) is 8. The summed E-state index contributed by atoms with van der Waals surface area (Å²) in [6.07, 6.45) is 6.32. The fourth-order valence-corrected chi connectivity index (χ4v) is 5.45. The van der Waals surface area contributed by atoms with E-state index in [-0.39, 0.29) is 24.7 Å². The first kappa shape index (κ1) is 20.3. The molecule has 0 radical (unpaired) electrons. The largest absolute Gasteiger partial charge is 0.394 e. The van der Waals surface area contributed by atoms with Crippen LogP contribution >= 0.6 is 11.3 Å². The van der Waals surface area contributed by atoms with Crippen molar-refractivity contribution in [2.75, 3.05) is 38.3 Å². The lowest BCUT2D eigenvalue weighted by Crippen LogP contribution is -2.38. The predicted molar refractivity (Wildman–Crippen MR) is 119 cm³/mol. The maximum atomic E-state index is 13.7. The van der Waals surface area contributed by atoms with Gasteiger partial charge in [-0.25, -0.2) is 4.98 Å². The molecule has 0 aliphatic carbocycles. The van der Waals surface area contributed by atoms with Crippen molar-refractivity contribution in [2.24, 2.45) is 0 Å². The van der Waals surface area contributed by atoms with E-state index in [1.165, 1.54) is 11.3 Å². The average Bonchev–Trinajstić information content (AvgIpc) is 3.57. The Labute approximate surface area is 184 Å². The summed E-state index contributed by atoms with van der Waals surface area (Å²) in [5.74, 6) is -0.118. The molecule has 2 saturated heterocycles. The van der Waals surface area contributed by atoms with E-state index in [0.717, 1.165) is 41.3 Å². The highest BCUT2D eigenvalue weighted by atomic mass is 32.1. The van der Waals surface area contributed by atoms with E-state index in [9.17, 15) is 9.90 Å². The number of carbonyl (C=O) groups is 1. The van der Waals surface area contributed by atoms with Gasteiger partial charge in [0.15, 0.2) is 10.8 Å². The molecule has 2 aliphatic heterocycles. The Balaban J connectivity index is 1.61. The summed E-state index contributed by atoms with van der Waals surface area (Å²) < 4.78 is 6.26. The van der Waals surface area contributed by atoms with Crippen LogP contribution in [-0.2, 0) is 4.74 Å². The van der Waals surface area contributed by atoms with Gasteiger partial charge in [0.25, 0.3) is 5.91 Å². The summed E-state index contributed by atoms with van der Waals surface area (Å²) in [4.78, 5) is 31.4. The van der Waals surface area contributed by atoms with Crippen molar-refractivity contribution in [3.8, 4) is 11.3 Å². The number of rotatable bonds is 5. The van der Waals surface area contributed by atoms with Gasteiger partial charge in [-0.15, -0.1) is 0 Å². The minimum atomic E-state index is -0.256. The number of aromatic nitrogens is 3. The Kier molecular flexibility index (Phi) is 5.56. The van der Waals surface area contributed by atoms with Crippen LogP contribution in [0.3, 0.4) is 0 Å². The SMILES string of the molecule is CO[C@@H]1C[C@@H](CO)N(C(=O)c2cc(-c3cccnc3)nc3nc(N4CCCC4)sc23)C1. The van der Waals surface area contributed by atoms with E-state index in [1.807, 2.05) is 18.2 Å². The minimum absolute atomic E-state index is 0.0714. The average molecular weight is 440 g/mol. The molecule has 3 aromatic heterocycles. The van der Waals surface area contributed by atoms with Crippen LogP contribution in [0.15, 0.2) is 30.6 Å². The molecule has 2 atom stereocenters. The molecule has 0 spiro atoms. The van der Waals surface area contributed by atoms with Crippen LogP contribution < -0.4 is 4.90 Å². The number of anilines is 1. The van der Waals surface area contributed by atoms with Crippen molar-refractivity contribution < 1.29 is 14.6 Å². The highest BCUT2D eigenvalue weighted by Crippen LogP contribution is 2.35. The van der Waals surface area contributed by atoms with Gasteiger partial charge in [-0.05, 0) is 37.5 Å². The Morgan fingerprint density at radius 1 is 1.32 bits per heavy atom. The van der Waals surface area contributed by atoms with Crippen LogP contribution in [0.2, 0.25) is 0 Å². The van der Waals surface area contributed by atoms with E-state index in [4.69, 9.17) is 14.7 Å². The molecule has 9 heteroatoms. The molecule has 5 heterocycles. The highest BCUT2D eigenvalue weighted by molar-refractivity contribution is 7.22. The van der Waals surface area contributed by atoms with Crippen LogP contribution in [-0.4, -0.2) is 76.4 Å². The third-order valence-corrected chi connectivity index (χ3v) is 7.23. The second kappa shape index (κ2) is 8.49. The number of aliphatic hydroxyl groups is 1. The normalized spacial score (nSPS) is 21.4. The Hall–Kier alpha value is -2.62. The van der Waals surface area contributed by atoms with Gasteiger partial charge in [-0.2, -0.15) is 4.98 Å². The molecular weight excluding hydrogens is 414 g/mol. The number of nitrogens with zero attached hydrogens (tertiary/aromatic N) is 5. The third-order valence-electron chi connectivity index (χ3n) is 6.10. The number of fused-ring (bicyclic) bond motifs is 1. The van der Waals surface area contributed by atoms with Crippen molar-refractivity contribution in [3.05, 3.63) is 36.2 Å². The number of hydrogen-bond donors (Lipinski definition) is 1. The molecule has 5 rings (SSSR count). The zero-order valence-electron chi connectivity index (χ0n) is 17.4. The van der Waals surface area contributed by atoms with Gasteiger partial charge >= 0.3 is 0 Å². The summed E-state index contributed by atoms with van der Waals surface area (Å²) in [6, 6.07) is 5.36. The van der Waals surface area contributed by atoms with Gasteiger partial charge in [-0.1, -0.05) is 11.3 Å². The number of likely N-dealkylation sites (tertiary alicyclic amines) is 1. The summed E-state index contributed by atoms with van der Waals surface area (Å²) in [7, 11) is 1.64. The summed E-state index contributed by atoms with van der Waals surface area (Å²) in [6.45, 7) is 2.33. The van der Waals surface area contributed by atoms with Crippen molar-refractivity contribution in [1.82, 2.24) is 19.9 Å². The molecule has 0 bridgehead atoms. The Morgan fingerprint density at radius 3 is 2.87 bits per heavy atom. The number of amides is 1. The molecule has 0 aromatic carbocycles. The van der Waals surface area contributed by atoms with E-state index >= 15 is 0 Å². The second-order valence-corrected chi connectivity index (χ2v) is 9.00. The Morgan fingerprint density at radius 2 is 2.16 bits per heavy atom. The van der Waals surface area contributed by atoms with Crippen molar-refractivity contribution in [2.45, 2.75) is 31.4 Å². The first-order chi connectivity index (χ1) is 15.2. The van der Waals surface area contributed by atoms with Crippen LogP contribution in [0.1, 0.15) is 29.6 Å². The van der Waals surface area contributed by atoms with Gasteiger partial charge in [-0.3, -0.25) is 9.78 Å². The number of pyridine rings is 2. The standard InChI is InChI=1S/C22H25N5O3S/c1-30-16-9-15(13-28)27(12-16)21(29)17-10-18(14-5-4-6-23-11-14)24-20-19(17)31-22(25-20)26-7-2-3-8-26/h4-6,10-11,15-16,28H,2-3,7-9,12-13H2,1H3/t15-,16+/m0/s1. The third kappa shape index (κ3) is 3.77. The van der Waals surface area contributed by atoms with Gasteiger partial charge in [0.05, 0.1) is 34.7 Å². The zero-order chi connectivity index (χ0) is 21.4. The summed E-state index contributed by atoms with van der Waals surface area (Å²) in [5.41, 5.74) is 2.66. The molecular formula is C22H25N5O3S. The van der Waals surface area contributed by atoms with Crippen LogP contribution in [0, 0.1) is 0 Å². The maximum Gasteiger partial charge on any atom is 0.255 e. The van der Waals surface area contributed by atoms with Gasteiger partial charge < -0.3 is 19.6 Å². The number of carbonyl (C=O) groups excluding carboxylic acids is 1. The topological polar surface area (TPSA) is 91.7 Å². The summed E-state index contributed by atoms with van der Waals surface area (Å²) in [5, 5.41) is 10.8. The predicted octanol–water partition coefficient (Wildman–Crippen LogP) is 2.58. The van der Waals surface area contributed by atoms with Gasteiger partial charge in [0.1, 0.15) is 0 Å². The number of methoxy groups -OCH3 is 1. The molecule has 1 amide bonds. The van der Waals surface area contributed by atoms with E-state index in [2.05, 4.69) is 9.88 Å². The second-order valence-electron chi connectivity index (χ2n) is 8.03. The zero-order valence-corrected chi connectivity index (χ0v) is 18.2. The van der Waals surface area contributed by atoms with Crippen molar-refractivity contribution >= 4 is 32.7 Å². The van der Waals surface area contributed by atoms with Crippen molar-refractivity contribution in [1.29, 1.82) is 0 Å². The first-order valence-corrected chi connectivity index (χ1v) is 11.4. The molecule has 8 nitrogen and oxygen atoms in total. The molecule has 31 heavy (non-hydrogen) atoms. The molecule has 2 fully saturated rings. The monoisotopic (exact) mass is 439 g/mol. The number of ether oxygens (including phenoxy) is 1. The van der Waals surface area contributed by atoms with E-state index in [1.54, 1.807) is 24.4 Å².